The Morgan fingerprint density at radius 1 is 1.58 bits per heavy atom. The Morgan fingerprint density at radius 2 is 2.26 bits per heavy atom. The van der Waals surface area contributed by atoms with E-state index < -0.39 is 17.9 Å². The number of hydrogen-bond donors (Lipinski definition) is 2. The Kier molecular flexibility index (Phi) is 5.86. The predicted molar refractivity (Wildman–Crippen MR) is 74.8 cm³/mol. The molecule has 0 spiro atoms. The van der Waals surface area contributed by atoms with Crippen LogP contribution in [0.2, 0.25) is 0 Å². The number of nitrogens with zero attached hydrogens (tertiary/aromatic N) is 1. The van der Waals surface area contributed by atoms with Gasteiger partial charge in [0.05, 0.1) is 5.56 Å². The number of thioether (sulfide) groups is 1. The molecule has 0 bridgehead atoms. The van der Waals surface area contributed by atoms with E-state index in [1.165, 1.54) is 18.7 Å². The second kappa shape index (κ2) is 7.16. The van der Waals surface area contributed by atoms with Crippen molar-refractivity contribution in [2.45, 2.75) is 17.9 Å². The Morgan fingerprint density at radius 3 is 2.79 bits per heavy atom. The van der Waals surface area contributed by atoms with Gasteiger partial charge in [0.25, 0.3) is 0 Å². The number of aliphatic carboxylic acids is 1. The van der Waals surface area contributed by atoms with Crippen molar-refractivity contribution in [1.29, 1.82) is 5.26 Å². The topological polar surface area (TPSA) is 90.2 Å². The fourth-order valence-corrected chi connectivity index (χ4v) is 2.67. The number of amides is 1. The maximum atomic E-state index is 11.0. The molecule has 0 unspecified atom stereocenters. The first-order valence-corrected chi connectivity index (χ1v) is 7.04. The number of benzene rings is 1. The molecule has 100 valence electrons. The molecule has 1 aromatic rings. The zero-order valence-electron chi connectivity index (χ0n) is 10.0. The molecule has 0 fully saturated rings. The van der Waals surface area contributed by atoms with E-state index >= 15 is 0 Å². The third kappa shape index (κ3) is 4.93. The third-order valence-electron chi connectivity index (χ3n) is 2.14. The van der Waals surface area contributed by atoms with Crippen LogP contribution in [0.25, 0.3) is 0 Å². The smallest absolute Gasteiger partial charge is 0.327 e. The van der Waals surface area contributed by atoms with E-state index in [2.05, 4.69) is 21.2 Å². The average Bonchev–Trinajstić information content (AvgIpc) is 2.34. The second-order valence-electron chi connectivity index (χ2n) is 3.65. The molecule has 5 nitrogen and oxygen atoms in total. The highest BCUT2D eigenvalue weighted by molar-refractivity contribution is 9.10. The summed E-state index contributed by atoms with van der Waals surface area (Å²) in [4.78, 5) is 22.5. The normalized spacial score (nSPS) is 11.4. The monoisotopic (exact) mass is 342 g/mol. The molecule has 1 amide bonds. The average molecular weight is 343 g/mol. The van der Waals surface area contributed by atoms with Gasteiger partial charge in [-0.2, -0.15) is 5.26 Å². The minimum atomic E-state index is -1.10. The van der Waals surface area contributed by atoms with Crippen molar-refractivity contribution in [2.75, 3.05) is 5.75 Å². The molecule has 0 saturated carbocycles. The van der Waals surface area contributed by atoms with Gasteiger partial charge >= 0.3 is 5.97 Å². The SMILES string of the molecule is CC(=O)N[C@@H](CSc1ccc(Br)cc1C#N)C(=O)O. The molecule has 1 aromatic carbocycles. The second-order valence-corrected chi connectivity index (χ2v) is 5.63. The molecule has 0 aliphatic heterocycles. The van der Waals surface area contributed by atoms with E-state index in [4.69, 9.17) is 10.4 Å². The molecular weight excluding hydrogens is 332 g/mol. The van der Waals surface area contributed by atoms with Gasteiger partial charge in [-0.05, 0) is 18.2 Å². The zero-order chi connectivity index (χ0) is 14.4. The maximum Gasteiger partial charge on any atom is 0.327 e. The lowest BCUT2D eigenvalue weighted by atomic mass is 10.2. The summed E-state index contributed by atoms with van der Waals surface area (Å²) in [5.74, 6) is -1.34. The summed E-state index contributed by atoms with van der Waals surface area (Å²) in [6, 6.07) is 6.24. The Bertz CT molecular complexity index is 542. The first-order chi connectivity index (χ1) is 8.93. The molecule has 1 atom stereocenters. The van der Waals surface area contributed by atoms with Crippen molar-refractivity contribution in [3.05, 3.63) is 28.2 Å². The highest BCUT2D eigenvalue weighted by atomic mass is 79.9. The summed E-state index contributed by atoms with van der Waals surface area (Å²) in [6.45, 7) is 1.26. The molecule has 0 heterocycles. The van der Waals surface area contributed by atoms with Gasteiger partial charge in [0.15, 0.2) is 0 Å². The van der Waals surface area contributed by atoms with Crippen LogP contribution in [-0.2, 0) is 9.59 Å². The van der Waals surface area contributed by atoms with E-state index in [1.807, 2.05) is 6.07 Å². The predicted octanol–water partition coefficient (Wildman–Crippen LogP) is 2.00. The lowest BCUT2D eigenvalue weighted by Gasteiger charge is -2.13. The molecule has 1 rings (SSSR count). The van der Waals surface area contributed by atoms with E-state index in [1.54, 1.807) is 18.2 Å². The summed E-state index contributed by atoms with van der Waals surface area (Å²) in [7, 11) is 0. The summed E-state index contributed by atoms with van der Waals surface area (Å²) >= 11 is 4.48. The molecule has 19 heavy (non-hydrogen) atoms. The summed E-state index contributed by atoms with van der Waals surface area (Å²) in [5.41, 5.74) is 0.464. The van der Waals surface area contributed by atoms with Gasteiger partial charge in [0.2, 0.25) is 5.91 Å². The highest BCUT2D eigenvalue weighted by Crippen LogP contribution is 2.26. The Labute approximate surface area is 123 Å². The molecule has 0 aliphatic rings. The van der Waals surface area contributed by atoms with Gasteiger partial charge in [-0.1, -0.05) is 15.9 Å². The number of carbonyl (C=O) groups is 2. The van der Waals surface area contributed by atoms with Crippen LogP contribution < -0.4 is 5.32 Å². The number of carbonyl (C=O) groups excluding carboxylic acids is 1. The highest BCUT2D eigenvalue weighted by Gasteiger charge is 2.19. The lowest BCUT2D eigenvalue weighted by molar-refractivity contribution is -0.140. The van der Waals surface area contributed by atoms with Crippen molar-refractivity contribution in [1.82, 2.24) is 5.32 Å². The summed E-state index contributed by atoms with van der Waals surface area (Å²) in [6.07, 6.45) is 0. The largest absolute Gasteiger partial charge is 0.480 e. The number of carboxylic acid groups (broad SMARTS) is 1. The molecule has 0 aliphatic carbocycles. The van der Waals surface area contributed by atoms with Crippen molar-refractivity contribution < 1.29 is 14.7 Å². The molecule has 2 N–H and O–H groups in total. The fourth-order valence-electron chi connectivity index (χ4n) is 1.31. The van der Waals surface area contributed by atoms with E-state index in [9.17, 15) is 9.59 Å². The molecule has 0 radical (unpaired) electrons. The van der Waals surface area contributed by atoms with Crippen LogP contribution in [0.3, 0.4) is 0 Å². The molecule has 7 heteroatoms. The molecular formula is C12H11BrN2O3S. The van der Waals surface area contributed by atoms with E-state index in [0.29, 0.717) is 10.5 Å². The fraction of sp³-hybridized carbons (Fsp3) is 0.250. The van der Waals surface area contributed by atoms with Crippen LogP contribution in [0.5, 0.6) is 0 Å². The van der Waals surface area contributed by atoms with Crippen molar-refractivity contribution in [3.63, 3.8) is 0 Å². The quantitative estimate of drug-likeness (QED) is 0.798. The first kappa shape index (κ1) is 15.5. The van der Waals surface area contributed by atoms with Gasteiger partial charge in [0.1, 0.15) is 12.1 Å². The van der Waals surface area contributed by atoms with Crippen LogP contribution >= 0.6 is 27.7 Å². The minimum absolute atomic E-state index is 0.158. The van der Waals surface area contributed by atoms with Gasteiger partial charge in [0, 0.05) is 22.0 Å². The van der Waals surface area contributed by atoms with Crippen LogP contribution in [0.15, 0.2) is 27.6 Å². The van der Waals surface area contributed by atoms with Crippen molar-refractivity contribution in [3.8, 4) is 6.07 Å². The molecule has 0 aromatic heterocycles. The van der Waals surface area contributed by atoms with Gasteiger partial charge in [-0.3, -0.25) is 4.79 Å². The van der Waals surface area contributed by atoms with Crippen LogP contribution in [0.1, 0.15) is 12.5 Å². The van der Waals surface area contributed by atoms with Crippen molar-refractivity contribution >= 4 is 39.6 Å². The maximum absolute atomic E-state index is 11.0. The van der Waals surface area contributed by atoms with E-state index in [0.717, 1.165) is 4.47 Å². The number of nitriles is 1. The number of carboxylic acids is 1. The summed E-state index contributed by atoms with van der Waals surface area (Å²) in [5, 5.41) is 20.3. The number of rotatable bonds is 5. The van der Waals surface area contributed by atoms with Gasteiger partial charge < -0.3 is 10.4 Å². The van der Waals surface area contributed by atoms with Crippen LogP contribution in [-0.4, -0.2) is 28.8 Å². The lowest BCUT2D eigenvalue weighted by Crippen LogP contribution is -2.41. The van der Waals surface area contributed by atoms with Gasteiger partial charge in [-0.15, -0.1) is 11.8 Å². The number of hydrogen-bond acceptors (Lipinski definition) is 4. The minimum Gasteiger partial charge on any atom is -0.480 e. The van der Waals surface area contributed by atoms with E-state index in [-0.39, 0.29) is 5.75 Å². The Hall–Kier alpha value is -1.52. The number of halogens is 1. The first-order valence-electron chi connectivity index (χ1n) is 5.26. The van der Waals surface area contributed by atoms with Crippen LogP contribution in [0.4, 0.5) is 0 Å². The Balaban J connectivity index is 2.77. The summed E-state index contributed by atoms with van der Waals surface area (Å²) < 4.78 is 0.782. The van der Waals surface area contributed by atoms with Gasteiger partial charge in [-0.25, -0.2) is 4.79 Å². The zero-order valence-corrected chi connectivity index (χ0v) is 12.4. The van der Waals surface area contributed by atoms with Crippen molar-refractivity contribution in [2.24, 2.45) is 0 Å². The standard InChI is InChI=1S/C12H11BrN2O3S/c1-7(16)15-10(12(17)18)6-19-11-3-2-9(13)4-8(11)5-14/h2-4,10H,6H2,1H3,(H,15,16)(H,17,18)/t10-/m0/s1. The molecule has 0 saturated heterocycles. The third-order valence-corrected chi connectivity index (χ3v) is 3.80. The van der Waals surface area contributed by atoms with Crippen LogP contribution in [0, 0.1) is 11.3 Å². The number of nitrogens with one attached hydrogen (secondary N) is 1.